The molecular weight excluding hydrogens is 655 g/mol. The Morgan fingerprint density at radius 1 is 1.02 bits per heavy atom. The summed E-state index contributed by atoms with van der Waals surface area (Å²) in [5, 5.41) is 33.3. The van der Waals surface area contributed by atoms with E-state index in [1.165, 1.54) is 17.5 Å². The minimum absolute atomic E-state index is 0.126. The molecule has 0 bridgehead atoms. The first-order chi connectivity index (χ1) is 19.9. The second-order valence-electron chi connectivity index (χ2n) is 11.5. The molecule has 0 saturated heterocycles. The first-order valence-electron chi connectivity index (χ1n) is 14.1. The fourth-order valence-corrected chi connectivity index (χ4v) is 10.5. The van der Waals surface area contributed by atoms with E-state index < -0.39 is 14.4 Å². The minimum Gasteiger partial charge on any atom is -0.504 e. The molecule has 0 saturated carbocycles. The van der Waals surface area contributed by atoms with Crippen molar-refractivity contribution >= 4 is 47.4 Å². The van der Waals surface area contributed by atoms with Crippen molar-refractivity contribution in [2.75, 3.05) is 20.3 Å². The lowest BCUT2D eigenvalue weighted by Crippen LogP contribution is -2.66. The topological polar surface area (TPSA) is 79.2 Å². The standard InChI is InChI=1S/C35H43IO5Si/c1-25(21-27-22-31(36)34(39)33(23-27)40-6)17-18-32(38)30(19-20-37)26(2)24-41-42(35(3,4)5,28-13-9-7-10-14-28)29-15-11-8-12-16-29/h7-16,19,21-23,32,37-39H,2,17-18,20,24H2,1,3-6H3/b25-21+,30-19-. The first kappa shape index (κ1) is 33.8. The third-order valence-corrected chi connectivity index (χ3v) is 13.3. The Hall–Kier alpha value is -2.69. The van der Waals surface area contributed by atoms with Crippen LogP contribution in [0, 0.1) is 3.57 Å². The molecule has 3 aromatic rings. The van der Waals surface area contributed by atoms with Crippen LogP contribution in [0.15, 0.2) is 102 Å². The van der Waals surface area contributed by atoms with Crippen LogP contribution in [0.4, 0.5) is 0 Å². The van der Waals surface area contributed by atoms with Crippen LogP contribution in [0.5, 0.6) is 11.5 Å². The van der Waals surface area contributed by atoms with E-state index in [1.807, 2.05) is 31.2 Å². The van der Waals surface area contributed by atoms with Gasteiger partial charge in [0.1, 0.15) is 0 Å². The molecule has 0 fully saturated rings. The first-order valence-corrected chi connectivity index (χ1v) is 17.1. The van der Waals surface area contributed by atoms with Crippen molar-refractivity contribution in [3.8, 4) is 11.5 Å². The van der Waals surface area contributed by atoms with Gasteiger partial charge in [-0.25, -0.2) is 0 Å². The van der Waals surface area contributed by atoms with Crippen molar-refractivity contribution in [1.82, 2.24) is 0 Å². The van der Waals surface area contributed by atoms with Gasteiger partial charge in [0.05, 0.1) is 30.0 Å². The molecule has 0 aliphatic rings. The van der Waals surface area contributed by atoms with Crippen LogP contribution in [-0.2, 0) is 4.43 Å². The molecule has 42 heavy (non-hydrogen) atoms. The second-order valence-corrected chi connectivity index (χ2v) is 17.0. The highest BCUT2D eigenvalue weighted by Gasteiger charge is 2.50. The van der Waals surface area contributed by atoms with Crippen LogP contribution in [0.2, 0.25) is 5.04 Å². The molecule has 7 heteroatoms. The average Bonchev–Trinajstić information content (AvgIpc) is 2.97. The van der Waals surface area contributed by atoms with E-state index in [1.54, 1.807) is 12.1 Å². The van der Waals surface area contributed by atoms with Crippen LogP contribution in [0.25, 0.3) is 6.08 Å². The molecule has 3 aromatic carbocycles. The average molecular weight is 699 g/mol. The van der Waals surface area contributed by atoms with Crippen molar-refractivity contribution in [2.24, 2.45) is 0 Å². The Bertz CT molecular complexity index is 1350. The summed E-state index contributed by atoms with van der Waals surface area (Å²) >= 11 is 2.08. The second kappa shape index (κ2) is 15.2. The molecule has 3 N–H and O–H groups in total. The maximum atomic E-state index is 11.2. The number of benzene rings is 3. The summed E-state index contributed by atoms with van der Waals surface area (Å²) in [5.41, 5.74) is 3.23. The van der Waals surface area contributed by atoms with Gasteiger partial charge in [-0.15, -0.1) is 0 Å². The molecule has 5 nitrogen and oxygen atoms in total. The van der Waals surface area contributed by atoms with E-state index in [0.717, 1.165) is 11.1 Å². The zero-order chi connectivity index (χ0) is 30.9. The number of methoxy groups -OCH3 is 1. The predicted molar refractivity (Wildman–Crippen MR) is 184 cm³/mol. The van der Waals surface area contributed by atoms with Crippen LogP contribution in [0.3, 0.4) is 0 Å². The Balaban J connectivity index is 1.81. The number of hydrogen-bond donors (Lipinski definition) is 3. The number of aliphatic hydroxyl groups is 2. The molecule has 0 heterocycles. The number of rotatable bonds is 13. The van der Waals surface area contributed by atoms with Gasteiger partial charge >= 0.3 is 0 Å². The lowest BCUT2D eigenvalue weighted by molar-refractivity contribution is 0.198. The zero-order valence-electron chi connectivity index (χ0n) is 25.2. The fourth-order valence-electron chi connectivity index (χ4n) is 5.36. The van der Waals surface area contributed by atoms with Gasteiger partial charge in [-0.1, -0.05) is 106 Å². The predicted octanol–water partition coefficient (Wildman–Crippen LogP) is 6.60. The lowest BCUT2D eigenvalue weighted by atomic mass is 9.96. The summed E-state index contributed by atoms with van der Waals surface area (Å²) in [6, 6.07) is 24.5. The van der Waals surface area contributed by atoms with E-state index in [2.05, 4.69) is 98.5 Å². The van der Waals surface area contributed by atoms with Crippen molar-refractivity contribution in [1.29, 1.82) is 0 Å². The molecule has 0 spiro atoms. The van der Waals surface area contributed by atoms with Crippen LogP contribution in [0.1, 0.15) is 46.1 Å². The Morgan fingerprint density at radius 2 is 1.60 bits per heavy atom. The highest BCUT2D eigenvalue weighted by atomic mass is 127. The molecule has 3 rings (SSSR count). The summed E-state index contributed by atoms with van der Waals surface area (Å²) in [6.07, 6.45) is 3.93. The van der Waals surface area contributed by atoms with Crippen LogP contribution >= 0.6 is 22.6 Å². The van der Waals surface area contributed by atoms with Crippen LogP contribution < -0.4 is 15.1 Å². The van der Waals surface area contributed by atoms with Gasteiger partial charge in [0.25, 0.3) is 8.32 Å². The Morgan fingerprint density at radius 3 is 2.10 bits per heavy atom. The summed E-state index contributed by atoms with van der Waals surface area (Å²) in [5.74, 6) is 0.548. The molecule has 0 aromatic heterocycles. The van der Waals surface area contributed by atoms with Gasteiger partial charge in [0.15, 0.2) is 11.5 Å². The molecule has 0 aliphatic heterocycles. The van der Waals surface area contributed by atoms with Crippen molar-refractivity contribution in [3.63, 3.8) is 0 Å². The van der Waals surface area contributed by atoms with Crippen molar-refractivity contribution < 1.29 is 24.5 Å². The van der Waals surface area contributed by atoms with E-state index in [4.69, 9.17) is 9.16 Å². The van der Waals surface area contributed by atoms with Gasteiger partial charge in [-0.05, 0) is 86.6 Å². The highest BCUT2D eigenvalue weighted by molar-refractivity contribution is 14.1. The summed E-state index contributed by atoms with van der Waals surface area (Å²) in [6.45, 7) is 13.0. The Labute approximate surface area is 265 Å². The fraction of sp³-hybridized carbons (Fsp3) is 0.314. The van der Waals surface area contributed by atoms with E-state index in [-0.39, 0.29) is 24.0 Å². The minimum atomic E-state index is -2.78. The molecule has 0 aliphatic carbocycles. The highest BCUT2D eigenvalue weighted by Crippen LogP contribution is 2.37. The van der Waals surface area contributed by atoms with Gasteiger partial charge in [-0.3, -0.25) is 0 Å². The number of allylic oxidation sites excluding steroid dienone is 1. The van der Waals surface area contributed by atoms with E-state index in [0.29, 0.717) is 33.3 Å². The number of hydrogen-bond acceptors (Lipinski definition) is 5. The smallest absolute Gasteiger partial charge is 0.261 e. The molecule has 224 valence electrons. The molecule has 1 unspecified atom stereocenters. The molecular formula is C35H43IO5Si. The normalized spacial score (nSPS) is 13.6. The number of phenolic OH excluding ortho intramolecular Hbond substituents is 1. The third kappa shape index (κ3) is 8.02. The maximum Gasteiger partial charge on any atom is 0.261 e. The number of aromatic hydroxyl groups is 1. The maximum absolute atomic E-state index is 11.2. The van der Waals surface area contributed by atoms with Gasteiger partial charge in [-0.2, -0.15) is 0 Å². The van der Waals surface area contributed by atoms with Crippen LogP contribution in [-0.4, -0.2) is 50.1 Å². The summed E-state index contributed by atoms with van der Waals surface area (Å²) < 4.78 is 13.0. The zero-order valence-corrected chi connectivity index (χ0v) is 28.4. The van der Waals surface area contributed by atoms with Gasteiger partial charge in [0.2, 0.25) is 0 Å². The number of ether oxygens (including phenoxy) is 1. The summed E-state index contributed by atoms with van der Waals surface area (Å²) in [7, 11) is -1.25. The SMILES string of the molecule is C=C(CO[Si](c1ccccc1)(c1ccccc1)C(C)(C)C)/C(=C/CO)C(O)CC/C(C)=C/c1cc(I)c(O)c(OC)c1. The van der Waals surface area contributed by atoms with E-state index >= 15 is 0 Å². The Kier molecular flexibility index (Phi) is 12.2. The van der Waals surface area contributed by atoms with E-state index in [9.17, 15) is 15.3 Å². The number of aliphatic hydroxyl groups excluding tert-OH is 2. The number of phenols is 1. The van der Waals surface area contributed by atoms with Crippen molar-refractivity contribution in [2.45, 2.75) is 51.7 Å². The third-order valence-electron chi connectivity index (χ3n) is 7.45. The molecule has 0 amide bonds. The van der Waals surface area contributed by atoms with Gasteiger partial charge in [0, 0.05) is 0 Å². The largest absolute Gasteiger partial charge is 0.504 e. The summed E-state index contributed by atoms with van der Waals surface area (Å²) in [4.78, 5) is 0. The molecule has 0 radical (unpaired) electrons. The van der Waals surface area contributed by atoms with Crippen molar-refractivity contribution in [3.05, 3.63) is 111 Å². The molecule has 1 atom stereocenters. The lowest BCUT2D eigenvalue weighted by Gasteiger charge is -2.43. The monoisotopic (exact) mass is 698 g/mol. The van der Waals surface area contributed by atoms with Gasteiger partial charge < -0.3 is 24.5 Å². The quantitative estimate of drug-likeness (QED) is 0.107. The number of halogens is 1.